The van der Waals surface area contributed by atoms with Crippen LogP contribution in [0.2, 0.25) is 0 Å². The number of aromatic nitrogens is 2. The predicted molar refractivity (Wildman–Crippen MR) is 80.5 cm³/mol. The minimum Gasteiger partial charge on any atom is -0.324 e. The second-order valence-corrected chi connectivity index (χ2v) is 7.07. The molecule has 6 nitrogen and oxygen atoms in total. The van der Waals surface area contributed by atoms with Crippen molar-refractivity contribution < 1.29 is 8.42 Å². The van der Waals surface area contributed by atoms with E-state index in [1.54, 1.807) is 6.92 Å². The normalized spacial score (nSPS) is 19.1. The molecule has 0 amide bonds. The smallest absolute Gasteiger partial charge is 0.267 e. The van der Waals surface area contributed by atoms with E-state index >= 15 is 0 Å². The lowest BCUT2D eigenvalue weighted by molar-refractivity contribution is 0.586. The number of H-pyrrole nitrogens is 1. The first-order valence-electron chi connectivity index (χ1n) is 6.89. The molecule has 1 aromatic carbocycles. The van der Waals surface area contributed by atoms with Gasteiger partial charge in [-0.05, 0) is 31.4 Å². The van der Waals surface area contributed by atoms with Crippen LogP contribution in [-0.2, 0) is 10.0 Å². The largest absolute Gasteiger partial charge is 0.324 e. The summed E-state index contributed by atoms with van der Waals surface area (Å²) in [5.41, 5.74) is 8.25. The molecule has 0 radical (unpaired) electrons. The topological polar surface area (TPSA) is 92.1 Å². The Labute approximate surface area is 124 Å². The fourth-order valence-electron chi connectivity index (χ4n) is 2.73. The highest BCUT2D eigenvalue weighted by Crippen LogP contribution is 2.35. The van der Waals surface area contributed by atoms with Crippen LogP contribution < -0.4 is 10.0 Å². The van der Waals surface area contributed by atoms with Crippen molar-refractivity contribution in [3.63, 3.8) is 0 Å². The molecule has 112 valence electrons. The van der Waals surface area contributed by atoms with Gasteiger partial charge >= 0.3 is 0 Å². The highest BCUT2D eigenvalue weighted by molar-refractivity contribution is 7.92. The van der Waals surface area contributed by atoms with Gasteiger partial charge in [-0.25, -0.2) is 8.42 Å². The Kier molecular flexibility index (Phi) is 3.46. The van der Waals surface area contributed by atoms with E-state index in [-0.39, 0.29) is 10.9 Å². The van der Waals surface area contributed by atoms with Crippen molar-refractivity contribution in [3.8, 4) is 0 Å². The summed E-state index contributed by atoms with van der Waals surface area (Å²) >= 11 is 0. The van der Waals surface area contributed by atoms with Crippen molar-refractivity contribution in [2.45, 2.75) is 30.7 Å². The number of aromatic amines is 1. The highest BCUT2D eigenvalue weighted by Gasteiger charge is 2.31. The molecule has 1 aliphatic heterocycles. The van der Waals surface area contributed by atoms with E-state index in [1.165, 1.54) is 10.5 Å². The number of hydrogen-bond donors (Lipinski definition) is 2. The van der Waals surface area contributed by atoms with Gasteiger partial charge < -0.3 is 5.73 Å². The molecular formula is C14H18N4O2S. The zero-order valence-corrected chi connectivity index (χ0v) is 12.6. The Hall–Kier alpha value is -1.86. The Bertz CT molecular complexity index is 754. The van der Waals surface area contributed by atoms with Gasteiger partial charge in [-0.2, -0.15) is 5.10 Å². The number of rotatable bonds is 2. The number of hydrogen-bond acceptors (Lipinski definition) is 4. The molecule has 0 spiro atoms. The second-order valence-electron chi connectivity index (χ2n) is 5.24. The molecule has 0 aliphatic carbocycles. The molecule has 0 bridgehead atoms. The van der Waals surface area contributed by atoms with Crippen LogP contribution in [0.1, 0.15) is 30.1 Å². The molecule has 1 aromatic heterocycles. The van der Waals surface area contributed by atoms with Gasteiger partial charge in [-0.1, -0.05) is 18.2 Å². The first-order valence-corrected chi connectivity index (χ1v) is 8.33. The Morgan fingerprint density at radius 2 is 2.14 bits per heavy atom. The monoisotopic (exact) mass is 306 g/mol. The SMILES string of the molecule is Cc1[nH]ncc1S(=O)(=O)N1CCCC(N)c2ccccc21. The number of benzene rings is 1. The van der Waals surface area contributed by atoms with Crippen LogP contribution in [0.4, 0.5) is 5.69 Å². The zero-order chi connectivity index (χ0) is 15.0. The number of nitrogens with two attached hydrogens (primary N) is 1. The number of aryl methyl sites for hydroxylation is 1. The summed E-state index contributed by atoms with van der Waals surface area (Å²) in [5, 5.41) is 6.50. The van der Waals surface area contributed by atoms with Crippen molar-refractivity contribution in [3.05, 3.63) is 41.7 Å². The molecule has 3 N–H and O–H groups in total. The highest BCUT2D eigenvalue weighted by atomic mass is 32.2. The molecule has 2 heterocycles. The average molecular weight is 306 g/mol. The third-order valence-corrected chi connectivity index (χ3v) is 5.76. The van der Waals surface area contributed by atoms with E-state index in [0.717, 1.165) is 18.4 Å². The van der Waals surface area contributed by atoms with Gasteiger partial charge in [-0.3, -0.25) is 9.40 Å². The van der Waals surface area contributed by atoms with Crippen LogP contribution in [0, 0.1) is 6.92 Å². The fourth-order valence-corrected chi connectivity index (χ4v) is 4.38. The Balaban J connectivity index is 2.14. The van der Waals surface area contributed by atoms with Gasteiger partial charge in [0, 0.05) is 12.6 Å². The molecule has 3 rings (SSSR count). The van der Waals surface area contributed by atoms with Crippen LogP contribution >= 0.6 is 0 Å². The van der Waals surface area contributed by atoms with E-state index in [2.05, 4.69) is 10.2 Å². The first kappa shape index (κ1) is 14.1. The lowest BCUT2D eigenvalue weighted by Crippen LogP contribution is -2.32. The molecule has 0 saturated carbocycles. The van der Waals surface area contributed by atoms with Crippen LogP contribution in [0.15, 0.2) is 35.4 Å². The minimum atomic E-state index is -3.63. The summed E-state index contributed by atoms with van der Waals surface area (Å²) in [6.07, 6.45) is 2.86. The van der Waals surface area contributed by atoms with Crippen molar-refractivity contribution in [2.75, 3.05) is 10.8 Å². The standard InChI is InChI=1S/C14H18N4O2S/c1-10-14(9-16-17-10)21(19,20)18-8-4-6-12(15)11-5-2-3-7-13(11)18/h2-3,5,7,9,12H,4,6,8,15H2,1H3,(H,16,17). The Morgan fingerprint density at radius 1 is 1.38 bits per heavy atom. The molecular weight excluding hydrogens is 288 g/mol. The van der Waals surface area contributed by atoms with Crippen LogP contribution in [0.3, 0.4) is 0 Å². The van der Waals surface area contributed by atoms with Gasteiger partial charge in [0.25, 0.3) is 10.0 Å². The first-order chi connectivity index (χ1) is 10.0. The van der Waals surface area contributed by atoms with Crippen LogP contribution in [0.5, 0.6) is 0 Å². The van der Waals surface area contributed by atoms with Gasteiger partial charge in [0.05, 0.1) is 17.6 Å². The molecule has 1 unspecified atom stereocenters. The van der Waals surface area contributed by atoms with Crippen molar-refractivity contribution >= 4 is 15.7 Å². The lowest BCUT2D eigenvalue weighted by atomic mass is 10.0. The van der Waals surface area contributed by atoms with E-state index < -0.39 is 10.0 Å². The minimum absolute atomic E-state index is 0.133. The van der Waals surface area contributed by atoms with E-state index in [1.807, 2.05) is 24.3 Å². The van der Waals surface area contributed by atoms with E-state index in [9.17, 15) is 8.42 Å². The zero-order valence-electron chi connectivity index (χ0n) is 11.8. The van der Waals surface area contributed by atoms with Gasteiger partial charge in [-0.15, -0.1) is 0 Å². The van der Waals surface area contributed by atoms with Crippen molar-refractivity contribution in [1.29, 1.82) is 0 Å². The maximum atomic E-state index is 12.9. The lowest BCUT2D eigenvalue weighted by Gasteiger charge is -2.24. The van der Waals surface area contributed by atoms with Gasteiger partial charge in [0.15, 0.2) is 0 Å². The quantitative estimate of drug-likeness (QED) is 0.883. The molecule has 1 aliphatic rings. The summed E-state index contributed by atoms with van der Waals surface area (Å²) in [4.78, 5) is 0.216. The van der Waals surface area contributed by atoms with Crippen LogP contribution in [-0.4, -0.2) is 25.2 Å². The average Bonchev–Trinajstić information content (AvgIpc) is 2.82. The number of fused-ring (bicyclic) bond motifs is 1. The summed E-state index contributed by atoms with van der Waals surface area (Å²) < 4.78 is 27.3. The summed E-state index contributed by atoms with van der Waals surface area (Å²) in [6.45, 7) is 2.13. The van der Waals surface area contributed by atoms with E-state index in [4.69, 9.17) is 5.73 Å². The molecule has 1 atom stereocenters. The maximum absolute atomic E-state index is 12.9. The molecule has 2 aromatic rings. The van der Waals surface area contributed by atoms with E-state index in [0.29, 0.717) is 17.9 Å². The second kappa shape index (κ2) is 5.16. The molecule has 7 heteroatoms. The fraction of sp³-hybridized carbons (Fsp3) is 0.357. The molecule has 21 heavy (non-hydrogen) atoms. The third-order valence-electron chi connectivity index (χ3n) is 3.83. The number of nitrogens with zero attached hydrogens (tertiary/aromatic N) is 2. The molecule has 0 saturated heterocycles. The third kappa shape index (κ3) is 2.32. The van der Waals surface area contributed by atoms with Gasteiger partial charge in [0.2, 0.25) is 0 Å². The number of anilines is 1. The summed E-state index contributed by atoms with van der Waals surface area (Å²) in [7, 11) is -3.63. The number of nitrogens with one attached hydrogen (secondary N) is 1. The predicted octanol–water partition coefficient (Wildman–Crippen LogP) is 1.71. The van der Waals surface area contributed by atoms with Crippen molar-refractivity contribution in [1.82, 2.24) is 10.2 Å². The Morgan fingerprint density at radius 3 is 2.86 bits per heavy atom. The number of sulfonamides is 1. The summed E-state index contributed by atoms with van der Waals surface area (Å²) in [5.74, 6) is 0. The number of para-hydroxylation sites is 1. The van der Waals surface area contributed by atoms with Crippen LogP contribution in [0.25, 0.3) is 0 Å². The van der Waals surface area contributed by atoms with Crippen molar-refractivity contribution in [2.24, 2.45) is 5.73 Å². The summed E-state index contributed by atoms with van der Waals surface area (Å²) in [6, 6.07) is 7.30. The van der Waals surface area contributed by atoms with Gasteiger partial charge in [0.1, 0.15) is 4.90 Å². The maximum Gasteiger partial charge on any atom is 0.267 e. The molecule has 0 fully saturated rings.